The number of hydrogen-bond donors (Lipinski definition) is 2. The lowest BCUT2D eigenvalue weighted by Gasteiger charge is -2.19. The summed E-state index contributed by atoms with van der Waals surface area (Å²) in [5.74, 6) is -0.384. The second-order valence-corrected chi connectivity index (χ2v) is 8.07. The van der Waals surface area contributed by atoms with Crippen LogP contribution < -0.4 is 5.32 Å². The maximum atomic E-state index is 14.0. The number of amides is 2. The number of benzene rings is 2. The molecule has 0 saturated carbocycles. The number of carbonyl (C=O) groups excluding carboxylic acids is 1. The molecule has 0 radical (unpaired) electrons. The SMILES string of the molecule is O=C(O)N1CCC2(CC(Cc3ccc(-c4cc(Cl)ccc4F)cc3)NC2=O)C1. The van der Waals surface area contributed by atoms with Crippen molar-refractivity contribution in [2.75, 3.05) is 13.1 Å². The Morgan fingerprint density at radius 2 is 2.04 bits per heavy atom. The lowest BCUT2D eigenvalue weighted by molar-refractivity contribution is -0.127. The third kappa shape index (κ3) is 3.44. The van der Waals surface area contributed by atoms with Gasteiger partial charge in [-0.2, -0.15) is 0 Å². The predicted molar refractivity (Wildman–Crippen MR) is 104 cm³/mol. The van der Waals surface area contributed by atoms with Crippen LogP contribution in [-0.2, 0) is 11.2 Å². The monoisotopic (exact) mass is 402 g/mol. The van der Waals surface area contributed by atoms with Gasteiger partial charge in [0.25, 0.3) is 0 Å². The molecule has 2 unspecified atom stereocenters. The zero-order valence-electron chi connectivity index (χ0n) is 15.1. The van der Waals surface area contributed by atoms with E-state index in [1.807, 2.05) is 24.3 Å². The molecule has 2 amide bonds. The Hall–Kier alpha value is -2.60. The van der Waals surface area contributed by atoms with Crippen molar-refractivity contribution in [2.24, 2.45) is 5.41 Å². The summed E-state index contributed by atoms with van der Waals surface area (Å²) in [4.78, 5) is 25.0. The van der Waals surface area contributed by atoms with Crippen LogP contribution in [0.4, 0.5) is 9.18 Å². The number of halogens is 2. The highest BCUT2D eigenvalue weighted by molar-refractivity contribution is 6.30. The Bertz CT molecular complexity index is 934. The molecule has 5 nitrogen and oxygen atoms in total. The van der Waals surface area contributed by atoms with Gasteiger partial charge in [0.05, 0.1) is 5.41 Å². The molecule has 2 heterocycles. The number of nitrogens with one attached hydrogen (secondary N) is 1. The van der Waals surface area contributed by atoms with E-state index in [0.717, 1.165) is 11.1 Å². The summed E-state index contributed by atoms with van der Waals surface area (Å²) < 4.78 is 14.0. The van der Waals surface area contributed by atoms with Crippen molar-refractivity contribution < 1.29 is 19.1 Å². The number of carbonyl (C=O) groups is 2. The second kappa shape index (κ2) is 7.09. The lowest BCUT2D eigenvalue weighted by atomic mass is 9.83. The first-order valence-electron chi connectivity index (χ1n) is 9.19. The van der Waals surface area contributed by atoms with Crippen molar-refractivity contribution in [2.45, 2.75) is 25.3 Å². The average molecular weight is 403 g/mol. The van der Waals surface area contributed by atoms with Crippen LogP contribution in [0.25, 0.3) is 11.1 Å². The fourth-order valence-corrected chi connectivity index (χ4v) is 4.46. The van der Waals surface area contributed by atoms with Gasteiger partial charge in [-0.15, -0.1) is 0 Å². The van der Waals surface area contributed by atoms with Crippen molar-refractivity contribution >= 4 is 23.6 Å². The highest BCUT2D eigenvalue weighted by atomic mass is 35.5. The smallest absolute Gasteiger partial charge is 0.407 e. The first-order valence-corrected chi connectivity index (χ1v) is 9.57. The van der Waals surface area contributed by atoms with Crippen LogP contribution in [-0.4, -0.2) is 41.1 Å². The molecule has 146 valence electrons. The minimum atomic E-state index is -0.975. The Labute approximate surface area is 167 Å². The van der Waals surface area contributed by atoms with Crippen LogP contribution in [0.1, 0.15) is 18.4 Å². The van der Waals surface area contributed by atoms with E-state index in [0.29, 0.717) is 36.4 Å². The normalized spacial score (nSPS) is 24.0. The maximum absolute atomic E-state index is 14.0. The van der Waals surface area contributed by atoms with E-state index in [1.54, 1.807) is 6.07 Å². The highest BCUT2D eigenvalue weighted by Crippen LogP contribution is 2.40. The second-order valence-electron chi connectivity index (χ2n) is 7.63. The fourth-order valence-electron chi connectivity index (χ4n) is 4.29. The van der Waals surface area contributed by atoms with E-state index in [1.165, 1.54) is 17.0 Å². The molecular weight excluding hydrogens is 383 g/mol. The molecule has 0 aliphatic carbocycles. The largest absolute Gasteiger partial charge is 0.465 e. The summed E-state index contributed by atoms with van der Waals surface area (Å²) >= 11 is 5.97. The quantitative estimate of drug-likeness (QED) is 0.816. The van der Waals surface area contributed by atoms with Gasteiger partial charge in [0, 0.05) is 29.7 Å². The number of likely N-dealkylation sites (tertiary alicyclic amines) is 1. The molecule has 2 aliphatic heterocycles. The van der Waals surface area contributed by atoms with Gasteiger partial charge in [-0.1, -0.05) is 35.9 Å². The first kappa shape index (κ1) is 18.7. The molecule has 2 aliphatic rings. The molecule has 2 aromatic carbocycles. The molecule has 28 heavy (non-hydrogen) atoms. The Kier molecular flexibility index (Phi) is 4.75. The Morgan fingerprint density at radius 3 is 2.71 bits per heavy atom. The van der Waals surface area contributed by atoms with E-state index < -0.39 is 11.5 Å². The van der Waals surface area contributed by atoms with Crippen molar-refractivity contribution in [3.8, 4) is 11.1 Å². The maximum Gasteiger partial charge on any atom is 0.407 e. The summed E-state index contributed by atoms with van der Waals surface area (Å²) in [6.07, 6.45) is 0.866. The van der Waals surface area contributed by atoms with E-state index in [4.69, 9.17) is 16.7 Å². The van der Waals surface area contributed by atoms with Gasteiger partial charge in [-0.05, 0) is 48.6 Å². The van der Waals surface area contributed by atoms with Crippen LogP contribution in [0.5, 0.6) is 0 Å². The standard InChI is InChI=1S/C21H20ClFN2O3/c22-15-5-6-18(23)17(10-15)14-3-1-13(2-4-14)9-16-11-21(19(26)24-16)7-8-25(12-21)20(27)28/h1-6,10,16H,7-9,11-12H2,(H,24,26)(H,27,28). The third-order valence-corrected chi connectivity index (χ3v) is 5.99. The molecule has 0 aromatic heterocycles. The predicted octanol–water partition coefficient (Wildman–Crippen LogP) is 3.95. The number of nitrogens with zero attached hydrogens (tertiary/aromatic N) is 1. The van der Waals surface area contributed by atoms with Crippen LogP contribution in [0.3, 0.4) is 0 Å². The Morgan fingerprint density at radius 1 is 1.29 bits per heavy atom. The topological polar surface area (TPSA) is 69.6 Å². The molecular formula is C21H20ClFN2O3. The third-order valence-electron chi connectivity index (χ3n) is 5.75. The summed E-state index contributed by atoms with van der Waals surface area (Å²) in [5.41, 5.74) is 1.62. The molecule has 1 spiro atoms. The molecule has 2 atom stereocenters. The number of carboxylic acid groups (broad SMARTS) is 1. The van der Waals surface area contributed by atoms with Crippen LogP contribution in [0.2, 0.25) is 5.02 Å². The molecule has 0 bridgehead atoms. The lowest BCUT2D eigenvalue weighted by Crippen LogP contribution is -2.36. The molecule has 2 fully saturated rings. The summed E-state index contributed by atoms with van der Waals surface area (Å²) in [7, 11) is 0. The zero-order valence-corrected chi connectivity index (χ0v) is 15.9. The van der Waals surface area contributed by atoms with E-state index in [9.17, 15) is 14.0 Å². The minimum Gasteiger partial charge on any atom is -0.465 e. The summed E-state index contributed by atoms with van der Waals surface area (Å²) in [5, 5.41) is 12.7. The van der Waals surface area contributed by atoms with Gasteiger partial charge < -0.3 is 15.3 Å². The van der Waals surface area contributed by atoms with Crippen molar-refractivity contribution in [1.29, 1.82) is 0 Å². The van der Waals surface area contributed by atoms with E-state index >= 15 is 0 Å². The van der Waals surface area contributed by atoms with Gasteiger partial charge in [-0.3, -0.25) is 4.79 Å². The van der Waals surface area contributed by atoms with Crippen molar-refractivity contribution in [3.05, 3.63) is 58.9 Å². The van der Waals surface area contributed by atoms with Gasteiger partial charge in [0.1, 0.15) is 5.82 Å². The van der Waals surface area contributed by atoms with Gasteiger partial charge in [0.2, 0.25) is 5.91 Å². The highest BCUT2D eigenvalue weighted by Gasteiger charge is 2.51. The van der Waals surface area contributed by atoms with Crippen LogP contribution in [0.15, 0.2) is 42.5 Å². The zero-order chi connectivity index (χ0) is 19.9. The molecule has 2 saturated heterocycles. The van der Waals surface area contributed by atoms with Gasteiger partial charge in [-0.25, -0.2) is 9.18 Å². The number of hydrogen-bond acceptors (Lipinski definition) is 2. The van der Waals surface area contributed by atoms with E-state index in [2.05, 4.69) is 5.32 Å². The van der Waals surface area contributed by atoms with Gasteiger partial charge >= 0.3 is 6.09 Å². The Balaban J connectivity index is 1.45. The summed E-state index contributed by atoms with van der Waals surface area (Å²) in [6.45, 7) is 0.660. The average Bonchev–Trinajstić information content (AvgIpc) is 3.22. The molecule has 2 aromatic rings. The van der Waals surface area contributed by atoms with E-state index in [-0.39, 0.29) is 24.3 Å². The summed E-state index contributed by atoms with van der Waals surface area (Å²) in [6, 6.07) is 12.0. The van der Waals surface area contributed by atoms with Gasteiger partial charge in [0.15, 0.2) is 0 Å². The minimum absolute atomic E-state index is 0.0324. The van der Waals surface area contributed by atoms with Crippen LogP contribution >= 0.6 is 11.6 Å². The van der Waals surface area contributed by atoms with Crippen LogP contribution in [0, 0.1) is 11.2 Å². The first-order chi connectivity index (χ1) is 13.4. The molecule has 7 heteroatoms. The number of rotatable bonds is 3. The molecule has 4 rings (SSSR count). The van der Waals surface area contributed by atoms with Crippen molar-refractivity contribution in [1.82, 2.24) is 10.2 Å². The van der Waals surface area contributed by atoms with Crippen molar-refractivity contribution in [3.63, 3.8) is 0 Å². The fraction of sp³-hybridized carbons (Fsp3) is 0.333. The molecule has 2 N–H and O–H groups in total.